The highest BCUT2D eigenvalue weighted by molar-refractivity contribution is 5.94. The van der Waals surface area contributed by atoms with Crippen molar-refractivity contribution in [1.82, 2.24) is 4.98 Å². The average Bonchev–Trinajstić information content (AvgIpc) is 2.54. The lowest BCUT2D eigenvalue weighted by Gasteiger charge is -2.13. The van der Waals surface area contributed by atoms with Gasteiger partial charge in [-0.05, 0) is 49.8 Å². The smallest absolute Gasteiger partial charge is 0.0728 e. The minimum atomic E-state index is 0.977. The molecule has 1 aromatic carbocycles. The van der Waals surface area contributed by atoms with Gasteiger partial charge in [-0.2, -0.15) is 0 Å². The summed E-state index contributed by atoms with van der Waals surface area (Å²) in [5.41, 5.74) is 12.2. The number of benzene rings is 1. The third-order valence-electron chi connectivity index (χ3n) is 3.79. The zero-order chi connectivity index (χ0) is 11.8. The van der Waals surface area contributed by atoms with Crippen LogP contribution in [0.1, 0.15) is 36.1 Å². The van der Waals surface area contributed by atoms with Crippen LogP contribution >= 0.6 is 0 Å². The second-order valence-electron chi connectivity index (χ2n) is 4.98. The number of hydrogen-bond acceptors (Lipinski definition) is 2. The molecule has 0 saturated heterocycles. The van der Waals surface area contributed by atoms with Crippen LogP contribution in [0.15, 0.2) is 18.2 Å². The second kappa shape index (κ2) is 4.02. The van der Waals surface area contributed by atoms with Gasteiger partial charge in [-0.15, -0.1) is 0 Å². The molecule has 2 nitrogen and oxygen atoms in total. The Morgan fingerprint density at radius 2 is 1.94 bits per heavy atom. The van der Waals surface area contributed by atoms with Crippen molar-refractivity contribution in [3.63, 3.8) is 0 Å². The van der Waals surface area contributed by atoms with Gasteiger partial charge in [0.15, 0.2) is 0 Å². The van der Waals surface area contributed by atoms with E-state index in [1.807, 2.05) is 0 Å². The van der Waals surface area contributed by atoms with Crippen molar-refractivity contribution in [3.05, 3.63) is 35.0 Å². The van der Waals surface area contributed by atoms with Crippen LogP contribution in [0.25, 0.3) is 10.9 Å². The molecular formula is C15H18N2. The molecule has 0 amide bonds. The molecule has 0 saturated carbocycles. The first-order valence-corrected chi connectivity index (χ1v) is 6.44. The largest absolute Gasteiger partial charge is 0.398 e. The molecule has 3 rings (SSSR count). The van der Waals surface area contributed by atoms with Crippen molar-refractivity contribution in [2.24, 2.45) is 0 Å². The maximum Gasteiger partial charge on any atom is 0.0728 e. The van der Waals surface area contributed by atoms with Crippen LogP contribution in [0.3, 0.4) is 0 Å². The topological polar surface area (TPSA) is 38.9 Å². The summed E-state index contributed by atoms with van der Waals surface area (Å²) >= 11 is 0. The number of pyridine rings is 1. The number of aromatic nitrogens is 1. The number of aryl methyl sites for hydroxylation is 2. The Hall–Kier alpha value is -1.57. The third-order valence-corrected chi connectivity index (χ3v) is 3.79. The van der Waals surface area contributed by atoms with E-state index in [-0.39, 0.29) is 0 Å². The molecule has 0 fully saturated rings. The molecule has 2 aromatic rings. The first-order valence-electron chi connectivity index (χ1n) is 6.44. The number of hydrogen-bond donors (Lipinski definition) is 1. The summed E-state index contributed by atoms with van der Waals surface area (Å²) < 4.78 is 0. The molecular weight excluding hydrogens is 208 g/mol. The predicted molar refractivity (Wildman–Crippen MR) is 72.2 cm³/mol. The highest BCUT2D eigenvalue weighted by atomic mass is 14.7. The standard InChI is InChI=1S/C15H18N2/c1-10-6-5-9-13-14(10)15(16)11-7-3-2-4-8-12(11)17-13/h5-6,9H,2-4,7-8H2,1H3,(H2,16,17). The van der Waals surface area contributed by atoms with Gasteiger partial charge in [0.25, 0.3) is 0 Å². The molecule has 17 heavy (non-hydrogen) atoms. The summed E-state index contributed by atoms with van der Waals surface area (Å²) in [7, 11) is 0. The Balaban J connectivity index is 2.34. The van der Waals surface area contributed by atoms with E-state index in [4.69, 9.17) is 10.7 Å². The first-order chi connectivity index (χ1) is 8.27. The van der Waals surface area contributed by atoms with Crippen LogP contribution < -0.4 is 5.73 Å². The van der Waals surface area contributed by atoms with Gasteiger partial charge in [0.1, 0.15) is 0 Å². The lowest BCUT2D eigenvalue weighted by molar-refractivity contribution is 0.709. The summed E-state index contributed by atoms with van der Waals surface area (Å²) in [5.74, 6) is 0. The number of rotatable bonds is 0. The van der Waals surface area contributed by atoms with Crippen molar-refractivity contribution in [1.29, 1.82) is 0 Å². The number of nitrogens with zero attached hydrogens (tertiary/aromatic N) is 1. The van der Waals surface area contributed by atoms with Gasteiger partial charge in [0, 0.05) is 16.8 Å². The van der Waals surface area contributed by atoms with E-state index >= 15 is 0 Å². The van der Waals surface area contributed by atoms with Crippen LogP contribution in [0.4, 0.5) is 5.69 Å². The first kappa shape index (κ1) is 10.6. The lowest BCUT2D eigenvalue weighted by atomic mass is 10.00. The number of nitrogen functional groups attached to an aromatic ring is 1. The zero-order valence-electron chi connectivity index (χ0n) is 10.3. The summed E-state index contributed by atoms with van der Waals surface area (Å²) in [4.78, 5) is 4.82. The van der Waals surface area contributed by atoms with E-state index in [0.29, 0.717) is 0 Å². The third kappa shape index (κ3) is 1.68. The molecule has 0 spiro atoms. The fourth-order valence-corrected chi connectivity index (χ4v) is 2.87. The molecule has 0 aliphatic heterocycles. The highest BCUT2D eigenvalue weighted by Crippen LogP contribution is 2.32. The van der Waals surface area contributed by atoms with Gasteiger partial charge in [-0.1, -0.05) is 18.6 Å². The van der Waals surface area contributed by atoms with E-state index in [1.165, 1.54) is 36.1 Å². The van der Waals surface area contributed by atoms with Crippen LogP contribution in [0, 0.1) is 6.92 Å². The Morgan fingerprint density at radius 3 is 2.82 bits per heavy atom. The molecule has 0 atom stereocenters. The van der Waals surface area contributed by atoms with Crippen molar-refractivity contribution >= 4 is 16.6 Å². The normalized spacial score (nSPS) is 15.6. The van der Waals surface area contributed by atoms with E-state index in [9.17, 15) is 0 Å². The molecule has 1 aliphatic carbocycles. The van der Waals surface area contributed by atoms with Gasteiger partial charge in [0.05, 0.1) is 5.52 Å². The average molecular weight is 226 g/mol. The lowest BCUT2D eigenvalue weighted by Crippen LogP contribution is -2.03. The molecule has 2 N–H and O–H groups in total. The Bertz CT molecular complexity index is 573. The fourth-order valence-electron chi connectivity index (χ4n) is 2.87. The van der Waals surface area contributed by atoms with E-state index in [1.54, 1.807) is 0 Å². The molecule has 1 aliphatic rings. The fraction of sp³-hybridized carbons (Fsp3) is 0.400. The van der Waals surface area contributed by atoms with E-state index in [0.717, 1.165) is 29.4 Å². The van der Waals surface area contributed by atoms with Gasteiger partial charge in [0.2, 0.25) is 0 Å². The second-order valence-corrected chi connectivity index (χ2v) is 4.98. The summed E-state index contributed by atoms with van der Waals surface area (Å²) in [6.45, 7) is 2.11. The molecule has 0 unspecified atom stereocenters. The van der Waals surface area contributed by atoms with Crippen LogP contribution in [0.5, 0.6) is 0 Å². The van der Waals surface area contributed by atoms with Gasteiger partial charge >= 0.3 is 0 Å². The number of anilines is 1. The maximum atomic E-state index is 6.37. The molecule has 1 heterocycles. The Morgan fingerprint density at radius 1 is 1.12 bits per heavy atom. The maximum absolute atomic E-state index is 6.37. The molecule has 88 valence electrons. The Labute approximate surface area is 102 Å². The van der Waals surface area contributed by atoms with Crippen molar-refractivity contribution in [3.8, 4) is 0 Å². The molecule has 0 radical (unpaired) electrons. The minimum absolute atomic E-state index is 0.977. The van der Waals surface area contributed by atoms with E-state index in [2.05, 4.69) is 25.1 Å². The predicted octanol–water partition coefficient (Wildman–Crippen LogP) is 3.39. The summed E-state index contributed by atoms with van der Waals surface area (Å²) in [6, 6.07) is 6.25. The molecule has 1 aromatic heterocycles. The number of fused-ring (bicyclic) bond motifs is 2. The number of nitrogens with two attached hydrogens (primary N) is 1. The monoisotopic (exact) mass is 226 g/mol. The van der Waals surface area contributed by atoms with Gasteiger partial charge in [-0.25, -0.2) is 0 Å². The summed E-state index contributed by atoms with van der Waals surface area (Å²) in [5, 5.41) is 1.16. The zero-order valence-corrected chi connectivity index (χ0v) is 10.3. The quantitative estimate of drug-likeness (QED) is 0.699. The molecule has 0 bridgehead atoms. The van der Waals surface area contributed by atoms with E-state index < -0.39 is 0 Å². The Kier molecular flexibility index (Phi) is 2.50. The minimum Gasteiger partial charge on any atom is -0.398 e. The van der Waals surface area contributed by atoms with Crippen LogP contribution in [-0.4, -0.2) is 4.98 Å². The molecule has 2 heteroatoms. The van der Waals surface area contributed by atoms with Gasteiger partial charge in [-0.3, -0.25) is 4.98 Å². The van der Waals surface area contributed by atoms with Crippen molar-refractivity contribution < 1.29 is 0 Å². The highest BCUT2D eigenvalue weighted by Gasteiger charge is 2.15. The summed E-state index contributed by atoms with van der Waals surface area (Å²) in [6.07, 6.45) is 5.97. The van der Waals surface area contributed by atoms with Crippen LogP contribution in [0.2, 0.25) is 0 Å². The van der Waals surface area contributed by atoms with Crippen molar-refractivity contribution in [2.45, 2.75) is 39.0 Å². The SMILES string of the molecule is Cc1cccc2nc3c(c(N)c12)CCCCC3. The van der Waals surface area contributed by atoms with Crippen molar-refractivity contribution in [2.75, 3.05) is 5.73 Å². The van der Waals surface area contributed by atoms with Crippen LogP contribution in [-0.2, 0) is 12.8 Å². The van der Waals surface area contributed by atoms with Gasteiger partial charge < -0.3 is 5.73 Å².